The Bertz CT molecular complexity index is 421. The average molecular weight is 239 g/mol. The van der Waals surface area contributed by atoms with Gasteiger partial charge < -0.3 is 5.32 Å². The Kier molecular flexibility index (Phi) is 3.46. The van der Waals surface area contributed by atoms with Gasteiger partial charge in [-0.3, -0.25) is 4.79 Å². The molecule has 1 amide bonds. The first-order valence-electron chi connectivity index (χ1n) is 5.02. The van der Waals surface area contributed by atoms with E-state index in [2.05, 4.69) is 20.5 Å². The summed E-state index contributed by atoms with van der Waals surface area (Å²) in [5.74, 6) is 0.990. The predicted octanol–water partition coefficient (Wildman–Crippen LogP) is 2.31. The van der Waals surface area contributed by atoms with Crippen molar-refractivity contribution in [2.45, 2.75) is 19.0 Å². The van der Waals surface area contributed by atoms with Crippen LogP contribution >= 0.6 is 11.6 Å². The summed E-state index contributed by atoms with van der Waals surface area (Å²) < 4.78 is 0. The van der Waals surface area contributed by atoms with Crippen LogP contribution in [0.4, 0.5) is 5.82 Å². The number of fused-ring (bicyclic) bond motifs is 1. The van der Waals surface area contributed by atoms with Gasteiger partial charge in [0, 0.05) is 24.1 Å². The van der Waals surface area contributed by atoms with Crippen LogP contribution in [0.15, 0.2) is 28.6 Å². The molecular formula is C10H11ClN4O. The van der Waals surface area contributed by atoms with Gasteiger partial charge in [0.05, 0.1) is 0 Å². The highest BCUT2D eigenvalue weighted by molar-refractivity contribution is 6.17. The predicted molar refractivity (Wildman–Crippen MR) is 59.6 cm³/mol. The summed E-state index contributed by atoms with van der Waals surface area (Å²) >= 11 is 5.51. The van der Waals surface area contributed by atoms with Crippen LogP contribution in [0.1, 0.15) is 24.6 Å². The van der Waals surface area contributed by atoms with Crippen LogP contribution in [-0.2, 0) is 4.79 Å². The molecule has 0 aliphatic carbocycles. The minimum atomic E-state index is -0.397. The molecule has 0 bridgehead atoms. The number of aromatic nitrogens is 1. The number of azo groups is 1. The second-order valence-electron chi connectivity index (χ2n) is 3.39. The number of alkyl halides is 1. The third-order valence-electron chi connectivity index (χ3n) is 2.21. The van der Waals surface area contributed by atoms with E-state index in [1.54, 1.807) is 12.3 Å². The maximum atomic E-state index is 11.5. The molecule has 0 aromatic carbocycles. The summed E-state index contributed by atoms with van der Waals surface area (Å²) in [6.07, 6.45) is 2.32. The molecule has 0 spiro atoms. The maximum absolute atomic E-state index is 11.5. The summed E-state index contributed by atoms with van der Waals surface area (Å²) in [5, 5.41) is 10.6. The normalized spacial score (nSPS) is 17.2. The molecular weight excluding hydrogens is 228 g/mol. The van der Waals surface area contributed by atoms with Gasteiger partial charge in [-0.05, 0) is 18.6 Å². The molecule has 2 heterocycles. The minimum absolute atomic E-state index is 0.0682. The summed E-state index contributed by atoms with van der Waals surface area (Å²) in [6.45, 7) is 0. The van der Waals surface area contributed by atoms with Crippen molar-refractivity contribution in [2.75, 3.05) is 5.88 Å². The Morgan fingerprint density at radius 1 is 1.56 bits per heavy atom. The Morgan fingerprint density at radius 2 is 2.44 bits per heavy atom. The lowest BCUT2D eigenvalue weighted by molar-refractivity contribution is -0.121. The SMILES string of the molecule is O=C(CCCCl)N[C@@H]1N=Nc2ncccc21. The highest BCUT2D eigenvalue weighted by Crippen LogP contribution is 2.31. The van der Waals surface area contributed by atoms with Crippen molar-refractivity contribution < 1.29 is 4.79 Å². The quantitative estimate of drug-likeness (QED) is 0.818. The van der Waals surface area contributed by atoms with Crippen LogP contribution in [0, 0.1) is 0 Å². The first-order valence-corrected chi connectivity index (χ1v) is 5.56. The molecule has 1 aliphatic heterocycles. The monoisotopic (exact) mass is 238 g/mol. The number of pyridine rings is 1. The lowest BCUT2D eigenvalue weighted by Crippen LogP contribution is -2.26. The van der Waals surface area contributed by atoms with E-state index in [0.717, 1.165) is 5.56 Å². The summed E-state index contributed by atoms with van der Waals surface area (Å²) in [4.78, 5) is 15.5. The van der Waals surface area contributed by atoms with E-state index in [4.69, 9.17) is 11.6 Å². The van der Waals surface area contributed by atoms with Crippen molar-refractivity contribution in [3.05, 3.63) is 23.9 Å². The fraction of sp³-hybridized carbons (Fsp3) is 0.400. The lowest BCUT2D eigenvalue weighted by atomic mass is 10.2. The van der Waals surface area contributed by atoms with Crippen molar-refractivity contribution >= 4 is 23.3 Å². The van der Waals surface area contributed by atoms with Gasteiger partial charge in [-0.2, -0.15) is 5.11 Å². The molecule has 0 saturated heterocycles. The molecule has 1 aliphatic rings. The molecule has 2 rings (SSSR count). The zero-order chi connectivity index (χ0) is 11.4. The highest BCUT2D eigenvalue weighted by Gasteiger charge is 2.22. The molecule has 0 fully saturated rings. The van der Waals surface area contributed by atoms with Gasteiger partial charge in [0.25, 0.3) is 0 Å². The number of nitrogens with one attached hydrogen (secondary N) is 1. The van der Waals surface area contributed by atoms with Gasteiger partial charge in [-0.25, -0.2) is 4.98 Å². The number of halogens is 1. The van der Waals surface area contributed by atoms with E-state index in [0.29, 0.717) is 24.5 Å². The topological polar surface area (TPSA) is 66.7 Å². The van der Waals surface area contributed by atoms with Gasteiger partial charge in [-0.15, -0.1) is 16.7 Å². The van der Waals surface area contributed by atoms with E-state index >= 15 is 0 Å². The molecule has 84 valence electrons. The standard InChI is InChI=1S/C10H11ClN4O/c11-5-1-4-8(16)13-10-7-3-2-6-12-9(7)14-15-10/h2-3,6,10H,1,4-5H2,(H,13,16)/t10-/m1/s1. The van der Waals surface area contributed by atoms with E-state index in [-0.39, 0.29) is 5.91 Å². The van der Waals surface area contributed by atoms with Crippen molar-refractivity contribution in [1.82, 2.24) is 10.3 Å². The van der Waals surface area contributed by atoms with Crippen LogP contribution in [-0.4, -0.2) is 16.8 Å². The Labute approximate surface area is 97.9 Å². The molecule has 0 unspecified atom stereocenters. The minimum Gasteiger partial charge on any atom is -0.329 e. The largest absolute Gasteiger partial charge is 0.329 e. The molecule has 5 nitrogen and oxygen atoms in total. The first kappa shape index (κ1) is 11.0. The summed E-state index contributed by atoms with van der Waals surface area (Å²) in [5.41, 5.74) is 0.835. The van der Waals surface area contributed by atoms with Crippen molar-refractivity contribution in [1.29, 1.82) is 0 Å². The van der Waals surface area contributed by atoms with Gasteiger partial charge in [0.15, 0.2) is 12.0 Å². The van der Waals surface area contributed by atoms with E-state index in [1.165, 1.54) is 0 Å². The van der Waals surface area contributed by atoms with Crippen LogP contribution < -0.4 is 5.32 Å². The van der Waals surface area contributed by atoms with Gasteiger partial charge in [0.2, 0.25) is 5.91 Å². The zero-order valence-electron chi connectivity index (χ0n) is 8.56. The summed E-state index contributed by atoms with van der Waals surface area (Å²) in [6, 6.07) is 3.65. The van der Waals surface area contributed by atoms with Crippen LogP contribution in [0.2, 0.25) is 0 Å². The smallest absolute Gasteiger partial charge is 0.221 e. The third-order valence-corrected chi connectivity index (χ3v) is 2.48. The van der Waals surface area contributed by atoms with Crippen LogP contribution in [0.5, 0.6) is 0 Å². The second kappa shape index (κ2) is 5.03. The Hall–Kier alpha value is -1.49. The fourth-order valence-electron chi connectivity index (χ4n) is 1.44. The van der Waals surface area contributed by atoms with E-state index < -0.39 is 6.17 Å². The van der Waals surface area contributed by atoms with Gasteiger partial charge in [0.1, 0.15) is 0 Å². The molecule has 1 aromatic heterocycles. The molecule has 16 heavy (non-hydrogen) atoms. The van der Waals surface area contributed by atoms with Crippen LogP contribution in [0.25, 0.3) is 0 Å². The van der Waals surface area contributed by atoms with E-state index in [1.807, 2.05) is 6.07 Å². The van der Waals surface area contributed by atoms with Gasteiger partial charge in [-0.1, -0.05) is 0 Å². The molecule has 6 heteroatoms. The molecule has 0 radical (unpaired) electrons. The number of rotatable bonds is 4. The van der Waals surface area contributed by atoms with Crippen LogP contribution in [0.3, 0.4) is 0 Å². The Balaban J connectivity index is 1.98. The van der Waals surface area contributed by atoms with E-state index in [9.17, 15) is 4.79 Å². The fourth-order valence-corrected chi connectivity index (χ4v) is 1.57. The summed E-state index contributed by atoms with van der Waals surface area (Å²) in [7, 11) is 0. The Morgan fingerprint density at radius 3 is 3.25 bits per heavy atom. The number of carbonyl (C=O) groups is 1. The molecule has 0 saturated carbocycles. The molecule has 1 atom stereocenters. The molecule has 1 N–H and O–H groups in total. The number of hydrogen-bond acceptors (Lipinski definition) is 4. The molecule has 1 aromatic rings. The first-order chi connectivity index (χ1) is 7.81. The van der Waals surface area contributed by atoms with Crippen molar-refractivity contribution in [2.24, 2.45) is 10.2 Å². The maximum Gasteiger partial charge on any atom is 0.221 e. The number of nitrogens with zero attached hydrogens (tertiary/aromatic N) is 3. The van der Waals surface area contributed by atoms with Crippen molar-refractivity contribution in [3.8, 4) is 0 Å². The van der Waals surface area contributed by atoms with Gasteiger partial charge >= 0.3 is 0 Å². The lowest BCUT2D eigenvalue weighted by Gasteiger charge is -2.09. The number of hydrogen-bond donors (Lipinski definition) is 1. The third kappa shape index (κ3) is 2.36. The number of carbonyl (C=O) groups excluding carboxylic acids is 1. The number of amides is 1. The second-order valence-corrected chi connectivity index (χ2v) is 3.77. The van der Waals surface area contributed by atoms with Crippen molar-refractivity contribution in [3.63, 3.8) is 0 Å². The highest BCUT2D eigenvalue weighted by atomic mass is 35.5. The average Bonchev–Trinajstić information content (AvgIpc) is 2.70. The zero-order valence-corrected chi connectivity index (χ0v) is 9.31.